The van der Waals surface area contributed by atoms with Gasteiger partial charge in [-0.2, -0.15) is 5.10 Å². The van der Waals surface area contributed by atoms with Gasteiger partial charge in [-0.25, -0.2) is 22.8 Å². The van der Waals surface area contributed by atoms with E-state index in [1.54, 1.807) is 69.1 Å². The lowest BCUT2D eigenvalue weighted by molar-refractivity contribution is 0.0827. The minimum Gasteiger partial charge on any atom is -0.388 e. The lowest BCUT2D eigenvalue weighted by Crippen LogP contribution is -2.23. The first kappa shape index (κ1) is 60.8. The Bertz CT molecular complexity index is 3030. The Labute approximate surface area is 444 Å². The van der Waals surface area contributed by atoms with Crippen molar-refractivity contribution in [3.05, 3.63) is 205 Å². The van der Waals surface area contributed by atoms with Crippen molar-refractivity contribution in [1.29, 1.82) is 0 Å². The number of anilines is 6. The molecule has 0 bridgehead atoms. The molecule has 8 aromatic rings. The topological polar surface area (TPSA) is 199 Å². The zero-order valence-corrected chi connectivity index (χ0v) is 45.8. The van der Waals surface area contributed by atoms with E-state index in [0.717, 1.165) is 57.5 Å². The van der Waals surface area contributed by atoms with Gasteiger partial charge in [0.15, 0.2) is 11.6 Å². The number of carbonyl (C=O) groups excluding carboxylic acids is 2. The van der Waals surface area contributed by atoms with Gasteiger partial charge < -0.3 is 36.8 Å². The molecule has 396 valence electrons. The molecule has 2 heterocycles. The number of para-hydroxylation sites is 1. The molecule has 16 nitrogen and oxygen atoms in total. The first-order chi connectivity index (χ1) is 36.1. The highest BCUT2D eigenvalue weighted by Crippen LogP contribution is 2.20. The van der Waals surface area contributed by atoms with Gasteiger partial charge in [-0.1, -0.05) is 73.7 Å². The maximum atomic E-state index is 11.6. The van der Waals surface area contributed by atoms with Crippen molar-refractivity contribution >= 4 is 55.8 Å². The molecular formula is C58H74N12O4S. The molecule has 0 saturated carbocycles. The summed E-state index contributed by atoms with van der Waals surface area (Å²) in [6.45, 7) is 3.71. The molecule has 6 aromatic carbocycles. The van der Waals surface area contributed by atoms with Gasteiger partial charge >= 0.3 is 0 Å². The summed E-state index contributed by atoms with van der Waals surface area (Å²) in [6, 6.07) is 52.2. The number of nitrogens with zero attached hydrogens (tertiary/aromatic N) is 5. The van der Waals surface area contributed by atoms with E-state index in [4.69, 9.17) is 0 Å². The second-order valence-corrected chi connectivity index (χ2v) is 18.1. The van der Waals surface area contributed by atoms with Crippen LogP contribution in [0.3, 0.4) is 0 Å². The number of carbonyl (C=O) groups is 2. The zero-order valence-electron chi connectivity index (χ0n) is 45.0. The number of hydrogen-bond donors (Lipinski definition) is 7. The van der Waals surface area contributed by atoms with Gasteiger partial charge in [-0.3, -0.25) is 14.6 Å². The Morgan fingerprint density at radius 2 is 1.03 bits per heavy atom. The van der Waals surface area contributed by atoms with Crippen molar-refractivity contribution in [2.24, 2.45) is 7.05 Å². The standard InChI is InChI=1S/C13H14N2.C10H12N4.C10H14N2O.C9H14N2O2S.C9H11NO.C7H9N/c1-14-13-4-2-3-12(10-13)9-11-5-7-15-8-6-11;1-11-9-5-3-4-8(6-9)10-12-7-13-14(10)2;1-11-9-6-4-5-8(7-9)10(13)12(2)3;1-3-11-14(12,13)9-6-4-5-8(7-9)10-2;1-7(11)8-4-3-5-9(6-8)10-2;1-8-7-5-3-2-4-6-7/h2-8,10,14H,9H2,1H3;3-7,11H,1-2H3;4-7,11H,1-3H3;4-7,10-11H,3H2,1-2H3;3-6,10H,1-2H3;2-6,8H,1H3. The molecule has 0 aliphatic heterocycles. The predicted molar refractivity (Wildman–Crippen MR) is 312 cm³/mol. The van der Waals surface area contributed by atoms with Crippen LogP contribution in [0.1, 0.15) is 45.7 Å². The molecule has 0 fully saturated rings. The summed E-state index contributed by atoms with van der Waals surface area (Å²) in [5, 5.41) is 22.1. The molecule has 7 N–H and O–H groups in total. The Morgan fingerprint density at radius 3 is 1.53 bits per heavy atom. The average molecular weight is 1040 g/mol. The van der Waals surface area contributed by atoms with Crippen LogP contribution in [0.15, 0.2) is 187 Å². The number of aryl methyl sites for hydroxylation is 1. The van der Waals surface area contributed by atoms with Crippen molar-refractivity contribution in [2.75, 3.05) is 94.8 Å². The third-order valence-corrected chi connectivity index (χ3v) is 12.2. The SMILES string of the molecule is CCNS(=O)(=O)c1cccc(NC)c1.CNc1cccc(-c2ncnn2C)c1.CNc1cccc(C(=O)N(C)C)c1.CNc1cccc(C(C)=O)c1.CNc1cccc(Cc2ccncc2)c1.CNc1ccccc1. The molecule has 2 aromatic heterocycles. The monoisotopic (exact) mass is 1030 g/mol. The highest BCUT2D eigenvalue weighted by atomic mass is 32.2. The highest BCUT2D eigenvalue weighted by molar-refractivity contribution is 7.89. The summed E-state index contributed by atoms with van der Waals surface area (Å²) in [4.78, 5) is 32.4. The maximum Gasteiger partial charge on any atom is 0.253 e. The maximum absolute atomic E-state index is 11.6. The van der Waals surface area contributed by atoms with E-state index in [1.807, 2.05) is 176 Å². The highest BCUT2D eigenvalue weighted by Gasteiger charge is 2.12. The third kappa shape index (κ3) is 22.0. The number of amides is 1. The van der Waals surface area contributed by atoms with Gasteiger partial charge in [0.2, 0.25) is 10.0 Å². The van der Waals surface area contributed by atoms with Crippen molar-refractivity contribution in [1.82, 2.24) is 29.4 Å². The van der Waals surface area contributed by atoms with E-state index in [-0.39, 0.29) is 16.6 Å². The number of aromatic nitrogens is 4. The molecular weight excluding hydrogens is 961 g/mol. The molecule has 0 spiro atoms. The van der Waals surface area contributed by atoms with E-state index in [2.05, 4.69) is 76.0 Å². The van der Waals surface area contributed by atoms with Crippen LogP contribution >= 0.6 is 0 Å². The second-order valence-electron chi connectivity index (χ2n) is 16.3. The fraction of sp³-hybridized carbons (Fsp3) is 0.224. The summed E-state index contributed by atoms with van der Waals surface area (Å²) in [5.74, 6) is 1.00. The van der Waals surface area contributed by atoms with Crippen LogP contribution in [0.25, 0.3) is 11.4 Å². The van der Waals surface area contributed by atoms with Gasteiger partial charge in [0.05, 0.1) is 4.90 Å². The molecule has 0 radical (unpaired) electrons. The summed E-state index contributed by atoms with van der Waals surface area (Å²) < 4.78 is 27.3. The second kappa shape index (κ2) is 33.2. The lowest BCUT2D eigenvalue weighted by atomic mass is 10.1. The van der Waals surface area contributed by atoms with Crippen LogP contribution in [-0.4, -0.2) is 108 Å². The van der Waals surface area contributed by atoms with Crippen molar-refractivity contribution in [2.45, 2.75) is 25.2 Å². The first-order valence-corrected chi connectivity index (χ1v) is 25.7. The summed E-state index contributed by atoms with van der Waals surface area (Å²) in [7, 11) is 13.2. The van der Waals surface area contributed by atoms with Gasteiger partial charge in [-0.15, -0.1) is 0 Å². The fourth-order valence-corrected chi connectivity index (χ4v) is 7.69. The minimum atomic E-state index is -3.33. The summed E-state index contributed by atoms with van der Waals surface area (Å²) in [5.41, 5.74) is 11.2. The van der Waals surface area contributed by atoms with E-state index in [1.165, 1.54) is 11.1 Å². The van der Waals surface area contributed by atoms with E-state index < -0.39 is 10.0 Å². The zero-order chi connectivity index (χ0) is 55.0. The van der Waals surface area contributed by atoms with Gasteiger partial charge in [0.25, 0.3) is 5.91 Å². The average Bonchev–Trinajstić information content (AvgIpc) is 3.89. The third-order valence-electron chi connectivity index (χ3n) is 10.7. The number of Topliss-reactive ketones (excluding diaryl/α,β-unsaturated/α-hetero) is 1. The fourth-order valence-electron chi connectivity index (χ4n) is 6.60. The minimum absolute atomic E-state index is 0.0251. The van der Waals surface area contributed by atoms with Crippen molar-refractivity contribution in [3.63, 3.8) is 0 Å². The van der Waals surface area contributed by atoms with Gasteiger partial charge in [0, 0.05) is 133 Å². The van der Waals surface area contributed by atoms with E-state index >= 15 is 0 Å². The van der Waals surface area contributed by atoms with Crippen LogP contribution in [-0.2, 0) is 23.5 Å². The molecule has 8 rings (SSSR count). The number of hydrogen-bond acceptors (Lipinski definition) is 13. The molecule has 17 heteroatoms. The Kier molecular flexibility index (Phi) is 26.9. The Hall–Kier alpha value is -8.54. The number of ketones is 1. The van der Waals surface area contributed by atoms with Crippen LogP contribution in [0.5, 0.6) is 0 Å². The lowest BCUT2D eigenvalue weighted by Gasteiger charge is -2.10. The molecule has 0 aliphatic rings. The normalized spacial score (nSPS) is 9.91. The molecule has 0 aliphatic carbocycles. The van der Waals surface area contributed by atoms with Gasteiger partial charge in [-0.05, 0) is 122 Å². The largest absolute Gasteiger partial charge is 0.388 e. The molecule has 75 heavy (non-hydrogen) atoms. The first-order valence-electron chi connectivity index (χ1n) is 24.2. The van der Waals surface area contributed by atoms with Crippen LogP contribution in [0, 0.1) is 0 Å². The van der Waals surface area contributed by atoms with Crippen molar-refractivity contribution < 1.29 is 18.0 Å². The van der Waals surface area contributed by atoms with Crippen LogP contribution in [0.2, 0.25) is 0 Å². The number of rotatable bonds is 14. The van der Waals surface area contributed by atoms with Crippen molar-refractivity contribution in [3.8, 4) is 11.4 Å². The summed E-state index contributed by atoms with van der Waals surface area (Å²) in [6.07, 6.45) is 6.17. The van der Waals surface area contributed by atoms with E-state index in [0.29, 0.717) is 12.1 Å². The Morgan fingerprint density at radius 1 is 0.547 bits per heavy atom. The molecule has 1 amide bonds. The van der Waals surface area contributed by atoms with Gasteiger partial charge in [0.1, 0.15) is 6.33 Å². The quantitative estimate of drug-likeness (QED) is 0.0508. The number of sulfonamides is 1. The number of pyridine rings is 1. The predicted octanol–water partition coefficient (Wildman–Crippen LogP) is 10.4. The smallest absolute Gasteiger partial charge is 0.253 e. The van der Waals surface area contributed by atoms with Crippen LogP contribution < -0.4 is 36.6 Å². The Balaban J connectivity index is 0.000000239. The molecule has 0 atom stereocenters. The molecule has 0 unspecified atom stereocenters. The number of benzene rings is 6. The number of nitrogens with one attached hydrogen (secondary N) is 7. The van der Waals surface area contributed by atoms with Crippen LogP contribution in [0.4, 0.5) is 34.1 Å². The van der Waals surface area contributed by atoms with E-state index in [9.17, 15) is 18.0 Å². The molecule has 0 saturated heterocycles. The summed E-state index contributed by atoms with van der Waals surface area (Å²) >= 11 is 0.